The number of amides is 1. The second-order valence-electron chi connectivity index (χ2n) is 6.09. The summed E-state index contributed by atoms with van der Waals surface area (Å²) in [6, 6.07) is 3.92. The molecule has 1 N–H and O–H groups in total. The van der Waals surface area contributed by atoms with Crippen molar-refractivity contribution in [3.63, 3.8) is 0 Å². The van der Waals surface area contributed by atoms with Crippen molar-refractivity contribution in [2.75, 3.05) is 44.2 Å². The molecule has 0 saturated carbocycles. The van der Waals surface area contributed by atoms with Crippen LogP contribution in [-0.2, 0) is 0 Å². The number of hydrogen-bond donors (Lipinski definition) is 1. The smallest absolute Gasteiger partial charge is 0.407 e. The molecular formula is C15H19FN4O4. The molecule has 2 aliphatic heterocycles. The lowest BCUT2D eigenvalue weighted by Gasteiger charge is -2.39. The van der Waals surface area contributed by atoms with Gasteiger partial charge in [0, 0.05) is 51.4 Å². The van der Waals surface area contributed by atoms with Crippen LogP contribution in [0.25, 0.3) is 0 Å². The Hall–Kier alpha value is -2.42. The van der Waals surface area contributed by atoms with Crippen molar-refractivity contribution in [3.05, 3.63) is 34.1 Å². The Bertz CT molecular complexity index is 648. The molecule has 0 spiro atoms. The van der Waals surface area contributed by atoms with Gasteiger partial charge in [0.2, 0.25) is 0 Å². The number of hydrogen-bond acceptors (Lipinski definition) is 5. The molecule has 0 aliphatic carbocycles. The molecule has 2 heterocycles. The Morgan fingerprint density at radius 2 is 1.96 bits per heavy atom. The summed E-state index contributed by atoms with van der Waals surface area (Å²) >= 11 is 0. The first kappa shape index (κ1) is 16.4. The number of nitrogens with zero attached hydrogens (tertiary/aromatic N) is 4. The fraction of sp³-hybridized carbons (Fsp3) is 0.533. The van der Waals surface area contributed by atoms with E-state index in [0.29, 0.717) is 45.0 Å². The first-order valence-corrected chi connectivity index (χ1v) is 7.86. The number of carboxylic acid groups (broad SMARTS) is 1. The number of anilines is 1. The number of piperazine rings is 1. The first-order chi connectivity index (χ1) is 11.5. The maximum Gasteiger partial charge on any atom is 0.407 e. The predicted molar refractivity (Wildman–Crippen MR) is 84.8 cm³/mol. The largest absolute Gasteiger partial charge is 0.465 e. The third kappa shape index (κ3) is 3.25. The minimum Gasteiger partial charge on any atom is -0.465 e. The molecule has 0 aromatic heterocycles. The fourth-order valence-electron chi connectivity index (χ4n) is 3.41. The van der Waals surface area contributed by atoms with E-state index < -0.39 is 16.8 Å². The molecule has 2 saturated heterocycles. The Morgan fingerprint density at radius 3 is 2.50 bits per heavy atom. The molecule has 1 amide bonds. The Labute approximate surface area is 138 Å². The van der Waals surface area contributed by atoms with Crippen molar-refractivity contribution >= 4 is 17.5 Å². The molecule has 0 unspecified atom stereocenters. The molecule has 3 rings (SSSR count). The van der Waals surface area contributed by atoms with Gasteiger partial charge in [0.1, 0.15) is 0 Å². The number of likely N-dealkylation sites (tertiary alicyclic amines) is 1. The monoisotopic (exact) mass is 338 g/mol. The van der Waals surface area contributed by atoms with Gasteiger partial charge in [-0.05, 0) is 12.5 Å². The molecule has 2 fully saturated rings. The molecule has 1 aromatic carbocycles. The highest BCUT2D eigenvalue weighted by molar-refractivity contribution is 5.65. The molecule has 9 heteroatoms. The van der Waals surface area contributed by atoms with Gasteiger partial charge in [-0.25, -0.2) is 9.18 Å². The summed E-state index contributed by atoms with van der Waals surface area (Å²) in [7, 11) is 0. The van der Waals surface area contributed by atoms with Gasteiger partial charge in [-0.2, -0.15) is 0 Å². The van der Waals surface area contributed by atoms with Crippen molar-refractivity contribution in [1.29, 1.82) is 0 Å². The Kier molecular flexibility index (Phi) is 4.52. The standard InChI is InChI=1S/C15H19FN4O4/c16-13-9-11(20(23)24)1-2-14(13)18-7-5-17(6-8-18)12-3-4-19(10-12)15(21)22/h1-2,9,12H,3-8,10H2,(H,21,22)/t12-/m1/s1. The first-order valence-electron chi connectivity index (χ1n) is 7.86. The molecule has 130 valence electrons. The summed E-state index contributed by atoms with van der Waals surface area (Å²) in [4.78, 5) is 26.6. The van der Waals surface area contributed by atoms with E-state index in [1.54, 1.807) is 0 Å². The average Bonchev–Trinajstić information content (AvgIpc) is 3.05. The quantitative estimate of drug-likeness (QED) is 0.665. The van der Waals surface area contributed by atoms with Crippen LogP contribution in [0.4, 0.5) is 20.6 Å². The lowest BCUT2D eigenvalue weighted by molar-refractivity contribution is -0.385. The van der Waals surface area contributed by atoms with Crippen LogP contribution in [0.5, 0.6) is 0 Å². The average molecular weight is 338 g/mol. The summed E-state index contributed by atoms with van der Waals surface area (Å²) in [6.45, 7) is 3.72. The number of rotatable bonds is 3. The third-order valence-electron chi connectivity index (χ3n) is 4.75. The van der Waals surface area contributed by atoms with Gasteiger partial charge in [0.15, 0.2) is 5.82 Å². The van der Waals surface area contributed by atoms with E-state index in [9.17, 15) is 19.3 Å². The molecule has 2 aliphatic rings. The highest BCUT2D eigenvalue weighted by Crippen LogP contribution is 2.26. The number of benzene rings is 1. The molecule has 24 heavy (non-hydrogen) atoms. The van der Waals surface area contributed by atoms with Gasteiger partial charge in [-0.3, -0.25) is 15.0 Å². The molecule has 1 atom stereocenters. The van der Waals surface area contributed by atoms with Crippen LogP contribution in [-0.4, -0.2) is 71.2 Å². The number of carbonyl (C=O) groups is 1. The zero-order valence-electron chi connectivity index (χ0n) is 13.1. The van der Waals surface area contributed by atoms with Crippen LogP contribution in [0.2, 0.25) is 0 Å². The number of nitro groups is 1. The zero-order chi connectivity index (χ0) is 17.3. The second kappa shape index (κ2) is 6.60. The van der Waals surface area contributed by atoms with E-state index in [0.717, 1.165) is 12.5 Å². The zero-order valence-corrected chi connectivity index (χ0v) is 13.1. The van der Waals surface area contributed by atoms with Crippen molar-refractivity contribution in [2.45, 2.75) is 12.5 Å². The summed E-state index contributed by atoms with van der Waals surface area (Å²) < 4.78 is 14.1. The normalized spacial score (nSPS) is 22.0. The van der Waals surface area contributed by atoms with Crippen LogP contribution < -0.4 is 4.90 Å². The van der Waals surface area contributed by atoms with Crippen molar-refractivity contribution in [3.8, 4) is 0 Å². The summed E-state index contributed by atoms with van der Waals surface area (Å²) in [5.74, 6) is -0.587. The number of halogens is 1. The number of nitro benzene ring substituents is 1. The van der Waals surface area contributed by atoms with Gasteiger partial charge < -0.3 is 14.9 Å². The van der Waals surface area contributed by atoms with Gasteiger partial charge in [0.25, 0.3) is 5.69 Å². The topological polar surface area (TPSA) is 90.2 Å². The van der Waals surface area contributed by atoms with Crippen LogP contribution >= 0.6 is 0 Å². The van der Waals surface area contributed by atoms with Crippen LogP contribution in [0.1, 0.15) is 6.42 Å². The molecule has 0 bridgehead atoms. The summed E-state index contributed by atoms with van der Waals surface area (Å²) in [5.41, 5.74) is 0.119. The van der Waals surface area contributed by atoms with Crippen LogP contribution in [0.3, 0.4) is 0 Å². The van der Waals surface area contributed by atoms with E-state index in [2.05, 4.69) is 4.90 Å². The second-order valence-corrected chi connectivity index (χ2v) is 6.09. The Morgan fingerprint density at radius 1 is 1.25 bits per heavy atom. The molecular weight excluding hydrogens is 319 g/mol. The SMILES string of the molecule is O=C(O)N1CC[C@@H](N2CCN(c3ccc([N+](=O)[O-])cc3F)CC2)C1. The fourth-order valence-corrected chi connectivity index (χ4v) is 3.41. The van der Waals surface area contributed by atoms with E-state index >= 15 is 0 Å². The van der Waals surface area contributed by atoms with E-state index in [4.69, 9.17) is 5.11 Å². The molecule has 8 nitrogen and oxygen atoms in total. The number of non-ortho nitro benzene ring substituents is 1. The van der Waals surface area contributed by atoms with E-state index in [1.165, 1.54) is 17.0 Å². The van der Waals surface area contributed by atoms with Crippen LogP contribution in [0, 0.1) is 15.9 Å². The Balaban J connectivity index is 1.59. The van der Waals surface area contributed by atoms with Gasteiger partial charge in [-0.1, -0.05) is 0 Å². The lowest BCUT2D eigenvalue weighted by Crippen LogP contribution is -2.51. The lowest BCUT2D eigenvalue weighted by atomic mass is 10.1. The van der Waals surface area contributed by atoms with Gasteiger partial charge in [-0.15, -0.1) is 0 Å². The van der Waals surface area contributed by atoms with Crippen molar-refractivity contribution in [1.82, 2.24) is 9.80 Å². The van der Waals surface area contributed by atoms with E-state index in [-0.39, 0.29) is 11.7 Å². The molecule has 1 aromatic rings. The molecule has 0 radical (unpaired) electrons. The van der Waals surface area contributed by atoms with Crippen LogP contribution in [0.15, 0.2) is 18.2 Å². The van der Waals surface area contributed by atoms with Gasteiger partial charge in [0.05, 0.1) is 16.7 Å². The minimum atomic E-state index is -0.885. The maximum atomic E-state index is 14.1. The predicted octanol–water partition coefficient (Wildman–Crippen LogP) is 1.61. The maximum absolute atomic E-state index is 14.1. The third-order valence-corrected chi connectivity index (χ3v) is 4.75. The highest BCUT2D eigenvalue weighted by Gasteiger charge is 2.32. The summed E-state index contributed by atoms with van der Waals surface area (Å²) in [6.07, 6.45) is -0.0675. The van der Waals surface area contributed by atoms with Gasteiger partial charge >= 0.3 is 6.09 Å². The van der Waals surface area contributed by atoms with Crippen molar-refractivity contribution < 1.29 is 19.2 Å². The minimum absolute atomic E-state index is 0.213. The van der Waals surface area contributed by atoms with Crippen molar-refractivity contribution in [2.24, 2.45) is 0 Å². The van der Waals surface area contributed by atoms with E-state index in [1.807, 2.05) is 4.90 Å². The summed E-state index contributed by atoms with van der Waals surface area (Å²) in [5, 5.41) is 19.7. The highest BCUT2D eigenvalue weighted by atomic mass is 19.1.